The zero-order valence-electron chi connectivity index (χ0n) is 9.37. The predicted molar refractivity (Wildman–Crippen MR) is 61.5 cm³/mol. The molecule has 3 rings (SSSR count). The van der Waals surface area contributed by atoms with Crippen molar-refractivity contribution < 1.29 is 0 Å². The summed E-state index contributed by atoms with van der Waals surface area (Å²) < 4.78 is 0. The number of fused-ring (bicyclic) bond motifs is 1. The highest BCUT2D eigenvalue weighted by molar-refractivity contribution is 5.69. The molecule has 2 heterocycles. The van der Waals surface area contributed by atoms with E-state index in [9.17, 15) is 4.79 Å². The van der Waals surface area contributed by atoms with E-state index in [2.05, 4.69) is 21.9 Å². The highest BCUT2D eigenvalue weighted by Gasteiger charge is 2.40. The molecular weight excluding hydrogens is 202 g/mol. The molecule has 2 aromatic heterocycles. The molecule has 0 saturated heterocycles. The summed E-state index contributed by atoms with van der Waals surface area (Å²) in [4.78, 5) is 22.9. The quantitative estimate of drug-likeness (QED) is 0.787. The number of nitrogens with zero attached hydrogens (tertiary/aromatic N) is 2. The van der Waals surface area contributed by atoms with Crippen LogP contribution < -0.4 is 5.56 Å². The maximum Gasteiger partial charge on any atom is 0.270 e. The first-order chi connectivity index (χ1) is 7.58. The summed E-state index contributed by atoms with van der Waals surface area (Å²) in [6.45, 7) is 3.90. The number of aromatic amines is 1. The van der Waals surface area contributed by atoms with Gasteiger partial charge in [-0.1, -0.05) is 6.92 Å². The lowest BCUT2D eigenvalue weighted by Crippen LogP contribution is -2.13. The van der Waals surface area contributed by atoms with Crippen LogP contribution in [0, 0.1) is 6.92 Å². The molecule has 16 heavy (non-hydrogen) atoms. The summed E-state index contributed by atoms with van der Waals surface area (Å²) in [6.07, 6.45) is 2.35. The van der Waals surface area contributed by atoms with Crippen LogP contribution in [0.3, 0.4) is 0 Å². The number of pyridine rings is 1. The normalized spacial score (nSPS) is 17.6. The summed E-state index contributed by atoms with van der Waals surface area (Å²) >= 11 is 0. The van der Waals surface area contributed by atoms with Gasteiger partial charge in [-0.05, 0) is 31.9 Å². The molecule has 4 nitrogen and oxygen atoms in total. The van der Waals surface area contributed by atoms with Crippen molar-refractivity contribution in [1.82, 2.24) is 15.0 Å². The van der Waals surface area contributed by atoms with Gasteiger partial charge in [0, 0.05) is 11.1 Å². The van der Waals surface area contributed by atoms with Gasteiger partial charge in [0.05, 0.1) is 0 Å². The highest BCUT2D eigenvalue weighted by Crippen LogP contribution is 2.46. The van der Waals surface area contributed by atoms with Gasteiger partial charge in [0.25, 0.3) is 5.56 Å². The van der Waals surface area contributed by atoms with Crippen molar-refractivity contribution >= 4 is 11.2 Å². The zero-order chi connectivity index (χ0) is 11.3. The van der Waals surface area contributed by atoms with Crippen LogP contribution in [-0.2, 0) is 5.41 Å². The Bertz CT molecular complexity index is 626. The Hall–Kier alpha value is -1.71. The smallest absolute Gasteiger partial charge is 0.270 e. The summed E-state index contributed by atoms with van der Waals surface area (Å²) in [6, 6.07) is 3.95. The summed E-state index contributed by atoms with van der Waals surface area (Å²) in [5.41, 5.74) is 2.96. The van der Waals surface area contributed by atoms with E-state index in [1.807, 2.05) is 12.1 Å². The van der Waals surface area contributed by atoms with Gasteiger partial charge in [-0.25, -0.2) is 9.97 Å². The average molecular weight is 215 g/mol. The molecule has 0 spiro atoms. The first kappa shape index (κ1) is 9.51. The van der Waals surface area contributed by atoms with Crippen molar-refractivity contribution in [2.75, 3.05) is 0 Å². The molecule has 0 aliphatic heterocycles. The summed E-state index contributed by atoms with van der Waals surface area (Å²) in [5, 5.41) is 0. The molecular formula is C12H13N3O. The van der Waals surface area contributed by atoms with Gasteiger partial charge in [0.1, 0.15) is 11.2 Å². The number of hydrogen-bond acceptors (Lipinski definition) is 3. The van der Waals surface area contributed by atoms with E-state index in [0.717, 1.165) is 11.2 Å². The van der Waals surface area contributed by atoms with Crippen LogP contribution in [0.5, 0.6) is 0 Å². The Morgan fingerprint density at radius 2 is 2.06 bits per heavy atom. The molecule has 0 amide bonds. The fourth-order valence-electron chi connectivity index (χ4n) is 1.84. The number of hydrogen-bond donors (Lipinski definition) is 1. The molecule has 0 unspecified atom stereocenters. The molecule has 2 aromatic rings. The van der Waals surface area contributed by atoms with Crippen LogP contribution in [0.25, 0.3) is 11.2 Å². The molecule has 1 aliphatic rings. The Kier molecular flexibility index (Phi) is 1.73. The van der Waals surface area contributed by atoms with Crippen molar-refractivity contribution in [2.45, 2.75) is 32.1 Å². The number of nitrogens with one attached hydrogen (secondary N) is 1. The third-order valence-electron chi connectivity index (χ3n) is 3.34. The summed E-state index contributed by atoms with van der Waals surface area (Å²) in [5.74, 6) is 0. The number of rotatable bonds is 1. The third-order valence-corrected chi connectivity index (χ3v) is 3.34. The number of aromatic nitrogens is 3. The van der Waals surface area contributed by atoms with Gasteiger partial charge in [-0.2, -0.15) is 0 Å². The molecule has 1 N–H and O–H groups in total. The number of H-pyrrole nitrogens is 1. The monoisotopic (exact) mass is 215 g/mol. The first-order valence-corrected chi connectivity index (χ1v) is 5.47. The Morgan fingerprint density at radius 1 is 1.31 bits per heavy atom. The molecule has 0 atom stereocenters. The number of aryl methyl sites for hydroxylation is 1. The zero-order valence-corrected chi connectivity index (χ0v) is 9.37. The Morgan fingerprint density at radius 3 is 2.75 bits per heavy atom. The lowest BCUT2D eigenvalue weighted by atomic mass is 10.1. The Balaban J connectivity index is 2.25. The van der Waals surface area contributed by atoms with E-state index in [-0.39, 0.29) is 11.0 Å². The molecule has 0 aromatic carbocycles. The standard InChI is InChI=1S/C12H13N3O/c1-7-11(16)15-10-8(13-7)3-4-9(14-10)12(2)5-6-12/h3-4H,5-6H2,1-2H3,(H,14,15,16). The second-order valence-electron chi connectivity index (χ2n) is 4.78. The minimum Gasteiger partial charge on any atom is -0.304 e. The van der Waals surface area contributed by atoms with Gasteiger partial charge in [0.2, 0.25) is 0 Å². The van der Waals surface area contributed by atoms with E-state index in [4.69, 9.17) is 0 Å². The van der Waals surface area contributed by atoms with Crippen molar-refractivity contribution in [3.05, 3.63) is 33.9 Å². The largest absolute Gasteiger partial charge is 0.304 e. The van der Waals surface area contributed by atoms with E-state index < -0.39 is 0 Å². The van der Waals surface area contributed by atoms with Crippen LogP contribution in [-0.4, -0.2) is 15.0 Å². The Labute approximate surface area is 92.8 Å². The lowest BCUT2D eigenvalue weighted by Gasteiger charge is -2.08. The van der Waals surface area contributed by atoms with Crippen molar-refractivity contribution in [3.63, 3.8) is 0 Å². The third kappa shape index (κ3) is 1.33. The topological polar surface area (TPSA) is 58.6 Å². The maximum atomic E-state index is 11.5. The molecule has 0 bridgehead atoms. The molecule has 1 saturated carbocycles. The van der Waals surface area contributed by atoms with E-state index in [1.165, 1.54) is 12.8 Å². The minimum absolute atomic E-state index is 0.155. The van der Waals surface area contributed by atoms with Gasteiger partial charge >= 0.3 is 0 Å². The molecule has 4 heteroatoms. The molecule has 82 valence electrons. The van der Waals surface area contributed by atoms with E-state index in [1.54, 1.807) is 6.92 Å². The van der Waals surface area contributed by atoms with Gasteiger partial charge in [-0.15, -0.1) is 0 Å². The van der Waals surface area contributed by atoms with Crippen LogP contribution in [0.2, 0.25) is 0 Å². The average Bonchev–Trinajstić information content (AvgIpc) is 2.99. The van der Waals surface area contributed by atoms with Crippen LogP contribution >= 0.6 is 0 Å². The van der Waals surface area contributed by atoms with Crippen molar-refractivity contribution in [1.29, 1.82) is 0 Å². The summed E-state index contributed by atoms with van der Waals surface area (Å²) in [7, 11) is 0. The van der Waals surface area contributed by atoms with Gasteiger partial charge in [0.15, 0.2) is 5.65 Å². The SMILES string of the molecule is Cc1nc2ccc(C3(C)CC3)nc2[nH]c1=O. The van der Waals surface area contributed by atoms with Gasteiger partial charge in [-0.3, -0.25) is 4.79 Å². The fourth-order valence-corrected chi connectivity index (χ4v) is 1.84. The molecule has 1 fully saturated rings. The fraction of sp³-hybridized carbons (Fsp3) is 0.417. The van der Waals surface area contributed by atoms with E-state index >= 15 is 0 Å². The van der Waals surface area contributed by atoms with Crippen LogP contribution in [0.4, 0.5) is 0 Å². The molecule has 0 radical (unpaired) electrons. The second-order valence-corrected chi connectivity index (χ2v) is 4.78. The second kappa shape index (κ2) is 2.90. The van der Waals surface area contributed by atoms with Crippen LogP contribution in [0.15, 0.2) is 16.9 Å². The minimum atomic E-state index is -0.155. The maximum absolute atomic E-state index is 11.5. The van der Waals surface area contributed by atoms with E-state index in [0.29, 0.717) is 11.3 Å². The highest BCUT2D eigenvalue weighted by atomic mass is 16.1. The molecule has 1 aliphatic carbocycles. The lowest BCUT2D eigenvalue weighted by molar-refractivity contribution is 0.753. The van der Waals surface area contributed by atoms with Crippen LogP contribution in [0.1, 0.15) is 31.2 Å². The van der Waals surface area contributed by atoms with Gasteiger partial charge < -0.3 is 4.98 Å². The van der Waals surface area contributed by atoms with Crippen molar-refractivity contribution in [3.8, 4) is 0 Å². The predicted octanol–water partition coefficient (Wildman–Crippen LogP) is 1.68. The first-order valence-electron chi connectivity index (χ1n) is 5.47. The van der Waals surface area contributed by atoms with Crippen molar-refractivity contribution in [2.24, 2.45) is 0 Å².